The molecule has 0 aromatic rings. The van der Waals surface area contributed by atoms with Crippen molar-refractivity contribution >= 4 is 12.2 Å². The van der Waals surface area contributed by atoms with Crippen LogP contribution in [0.1, 0.15) is 19.8 Å². The van der Waals surface area contributed by atoms with Gasteiger partial charge in [-0.1, -0.05) is 31.9 Å². The molecule has 128 valence electrons. The molecule has 2 amide bonds. The van der Waals surface area contributed by atoms with Crippen LogP contribution in [0.3, 0.4) is 0 Å². The molecule has 1 saturated heterocycles. The molecule has 2 fully saturated rings. The minimum Gasteiger partial charge on any atom is -0.317 e. The first-order chi connectivity index (χ1) is 11.5. The normalized spacial score (nSPS) is 20.0. The highest BCUT2D eigenvalue weighted by molar-refractivity contribution is 5.85. The van der Waals surface area contributed by atoms with Gasteiger partial charge in [-0.05, 0) is 43.1 Å². The lowest BCUT2D eigenvalue weighted by Crippen LogP contribution is -2.35. The molecule has 1 saturated carbocycles. The summed E-state index contributed by atoms with van der Waals surface area (Å²) in [5, 5.41) is 3.95. The second-order valence-electron chi connectivity index (χ2n) is 5.97. The molecular formula is C19H26N4O. The van der Waals surface area contributed by atoms with Gasteiger partial charge in [0.2, 0.25) is 0 Å². The molecule has 1 aliphatic carbocycles. The molecule has 1 spiro atoms. The summed E-state index contributed by atoms with van der Waals surface area (Å²) in [5.74, 6) is 0. The first kappa shape index (κ1) is 17.8. The number of likely N-dealkylation sites (N-methyl/N-ethyl adjacent to an activating group) is 1. The molecule has 24 heavy (non-hydrogen) atoms. The van der Waals surface area contributed by atoms with Gasteiger partial charge in [-0.25, -0.2) is 4.79 Å². The van der Waals surface area contributed by atoms with Gasteiger partial charge in [0.05, 0.1) is 18.3 Å². The maximum absolute atomic E-state index is 12.7. The highest BCUT2D eigenvalue weighted by Gasteiger charge is 2.57. The summed E-state index contributed by atoms with van der Waals surface area (Å²) < 4.78 is 0. The van der Waals surface area contributed by atoms with Gasteiger partial charge >= 0.3 is 6.03 Å². The van der Waals surface area contributed by atoms with Crippen LogP contribution in [0, 0.1) is 0 Å². The van der Waals surface area contributed by atoms with Crippen molar-refractivity contribution in [2.24, 2.45) is 5.10 Å². The van der Waals surface area contributed by atoms with E-state index in [1.807, 2.05) is 28.9 Å². The second kappa shape index (κ2) is 7.34. The average Bonchev–Trinajstić information content (AvgIpc) is 3.29. The van der Waals surface area contributed by atoms with Gasteiger partial charge in [-0.2, -0.15) is 5.10 Å². The van der Waals surface area contributed by atoms with Gasteiger partial charge in [0, 0.05) is 19.3 Å². The van der Waals surface area contributed by atoms with Gasteiger partial charge in [-0.3, -0.25) is 4.90 Å². The summed E-state index contributed by atoms with van der Waals surface area (Å²) in [6, 6.07) is 0.0604. The first-order valence-electron chi connectivity index (χ1n) is 8.18. The van der Waals surface area contributed by atoms with Crippen molar-refractivity contribution < 1.29 is 4.79 Å². The fourth-order valence-corrected chi connectivity index (χ4v) is 3.01. The monoisotopic (exact) mass is 326 g/mol. The molecule has 5 nitrogen and oxygen atoms in total. The molecule has 0 aromatic carbocycles. The summed E-state index contributed by atoms with van der Waals surface area (Å²) in [6.07, 6.45) is 11.0. The zero-order chi connectivity index (χ0) is 17.7. The standard InChI is InChI=1S/C19H26N4O/c1-6-16(15(4)13-21-20-5)9-10-17(7-2)22-14-19(11-12-19)23(8-3)18(22)24/h6-7,9-10,13,20H,1-2,4,8,11-12,14H2,3,5H3/b16-9+,17-10+,21-13-. The van der Waals surface area contributed by atoms with E-state index < -0.39 is 0 Å². The van der Waals surface area contributed by atoms with Crippen LogP contribution in [0.15, 0.2) is 66.0 Å². The van der Waals surface area contributed by atoms with Crippen LogP contribution in [0.4, 0.5) is 4.79 Å². The molecule has 1 heterocycles. The minimum absolute atomic E-state index is 0.0436. The zero-order valence-electron chi connectivity index (χ0n) is 14.6. The Kier molecular flexibility index (Phi) is 5.44. The van der Waals surface area contributed by atoms with Crippen molar-refractivity contribution in [3.63, 3.8) is 0 Å². The Morgan fingerprint density at radius 2 is 2.04 bits per heavy atom. The summed E-state index contributed by atoms with van der Waals surface area (Å²) in [4.78, 5) is 16.4. The van der Waals surface area contributed by atoms with Crippen molar-refractivity contribution in [2.45, 2.75) is 25.3 Å². The van der Waals surface area contributed by atoms with Gasteiger partial charge in [0.15, 0.2) is 0 Å². The summed E-state index contributed by atoms with van der Waals surface area (Å²) in [6.45, 7) is 15.1. The van der Waals surface area contributed by atoms with Gasteiger partial charge < -0.3 is 10.3 Å². The van der Waals surface area contributed by atoms with Gasteiger partial charge in [0.1, 0.15) is 0 Å². The second-order valence-corrected chi connectivity index (χ2v) is 5.97. The van der Waals surface area contributed by atoms with Gasteiger partial charge in [0.25, 0.3) is 0 Å². The van der Waals surface area contributed by atoms with E-state index in [4.69, 9.17) is 0 Å². The molecule has 1 N–H and O–H groups in total. The topological polar surface area (TPSA) is 47.9 Å². The predicted octanol–water partition coefficient (Wildman–Crippen LogP) is 3.22. The number of carbonyl (C=O) groups is 1. The molecule has 0 unspecified atom stereocenters. The minimum atomic E-state index is 0.0436. The van der Waals surface area contributed by atoms with Crippen LogP contribution >= 0.6 is 0 Å². The Balaban J connectivity index is 2.23. The number of urea groups is 1. The van der Waals surface area contributed by atoms with Crippen LogP contribution in [-0.2, 0) is 0 Å². The van der Waals surface area contributed by atoms with E-state index in [1.54, 1.807) is 25.4 Å². The molecule has 1 aliphatic heterocycles. The number of hydrogen-bond acceptors (Lipinski definition) is 3. The molecular weight excluding hydrogens is 300 g/mol. The van der Waals surface area contributed by atoms with E-state index in [-0.39, 0.29) is 11.6 Å². The number of amides is 2. The van der Waals surface area contributed by atoms with E-state index in [0.717, 1.165) is 42.8 Å². The number of allylic oxidation sites excluding steroid dienone is 6. The number of nitrogens with one attached hydrogen (secondary N) is 1. The average molecular weight is 326 g/mol. The van der Waals surface area contributed by atoms with Crippen LogP contribution in [0.25, 0.3) is 0 Å². The Bertz CT molecular complexity index is 638. The third-order valence-electron chi connectivity index (χ3n) is 4.52. The maximum atomic E-state index is 12.7. The van der Waals surface area contributed by atoms with E-state index in [0.29, 0.717) is 0 Å². The third-order valence-corrected chi connectivity index (χ3v) is 4.52. The van der Waals surface area contributed by atoms with Crippen molar-refractivity contribution in [3.8, 4) is 0 Å². The molecule has 2 rings (SSSR count). The number of hydrogen-bond donors (Lipinski definition) is 1. The number of nitrogens with zero attached hydrogens (tertiary/aromatic N) is 3. The van der Waals surface area contributed by atoms with Gasteiger partial charge in [-0.15, -0.1) is 0 Å². The third kappa shape index (κ3) is 3.35. The van der Waals surface area contributed by atoms with Crippen molar-refractivity contribution in [1.29, 1.82) is 0 Å². The highest BCUT2D eigenvalue weighted by atomic mass is 16.2. The van der Waals surface area contributed by atoms with Crippen molar-refractivity contribution in [2.75, 3.05) is 20.1 Å². The quantitative estimate of drug-likeness (QED) is 0.423. The lowest BCUT2D eigenvalue weighted by atomic mass is 10.1. The number of rotatable bonds is 8. The van der Waals surface area contributed by atoms with Crippen LogP contribution < -0.4 is 5.43 Å². The van der Waals surface area contributed by atoms with E-state index >= 15 is 0 Å². The molecule has 0 atom stereocenters. The smallest absolute Gasteiger partial charge is 0.317 e. The van der Waals surface area contributed by atoms with E-state index in [9.17, 15) is 4.79 Å². The number of hydrazone groups is 1. The molecule has 0 bridgehead atoms. The fourth-order valence-electron chi connectivity index (χ4n) is 3.01. The molecule has 2 aliphatic rings. The Morgan fingerprint density at radius 1 is 1.33 bits per heavy atom. The van der Waals surface area contributed by atoms with Crippen molar-refractivity contribution in [3.05, 3.63) is 60.9 Å². The predicted molar refractivity (Wildman–Crippen MR) is 99.7 cm³/mol. The molecule has 0 aromatic heterocycles. The van der Waals surface area contributed by atoms with E-state index in [1.165, 1.54) is 0 Å². The summed E-state index contributed by atoms with van der Waals surface area (Å²) in [7, 11) is 1.73. The first-order valence-corrected chi connectivity index (χ1v) is 8.18. The lowest BCUT2D eigenvalue weighted by Gasteiger charge is -2.20. The fraction of sp³-hybridized carbons (Fsp3) is 0.368. The van der Waals surface area contributed by atoms with Crippen LogP contribution in [0.5, 0.6) is 0 Å². The summed E-state index contributed by atoms with van der Waals surface area (Å²) in [5.41, 5.74) is 5.10. The highest BCUT2D eigenvalue weighted by Crippen LogP contribution is 2.47. The Labute approximate surface area is 144 Å². The Hall–Kier alpha value is -2.56. The van der Waals surface area contributed by atoms with E-state index in [2.05, 4.69) is 30.3 Å². The van der Waals surface area contributed by atoms with Crippen LogP contribution in [-0.4, -0.2) is 47.7 Å². The SMILES string of the molecule is C=C/C(=C\C=C(/C=C)N1CC2(CC2)N(CC)C1=O)C(=C)/C=N\NC. The van der Waals surface area contributed by atoms with Crippen LogP contribution in [0.2, 0.25) is 0 Å². The lowest BCUT2D eigenvalue weighted by molar-refractivity contribution is 0.192. The molecule has 0 radical (unpaired) electrons. The summed E-state index contributed by atoms with van der Waals surface area (Å²) >= 11 is 0. The maximum Gasteiger partial charge on any atom is 0.325 e. The largest absolute Gasteiger partial charge is 0.325 e. The van der Waals surface area contributed by atoms with Crippen molar-refractivity contribution in [1.82, 2.24) is 15.2 Å². The zero-order valence-corrected chi connectivity index (χ0v) is 14.6. The Morgan fingerprint density at radius 3 is 2.50 bits per heavy atom. The number of carbonyl (C=O) groups excluding carboxylic acids is 1. The molecule has 5 heteroatoms.